The van der Waals surface area contributed by atoms with Crippen molar-refractivity contribution in [3.05, 3.63) is 63.1 Å². The van der Waals surface area contributed by atoms with E-state index in [2.05, 4.69) is 80.4 Å². The smallest absolute Gasteiger partial charge is 0.207 e. The van der Waals surface area contributed by atoms with E-state index in [1.54, 1.807) is 6.07 Å². The molecule has 0 amide bonds. The van der Waals surface area contributed by atoms with Gasteiger partial charge in [0.05, 0.1) is 4.90 Å². The van der Waals surface area contributed by atoms with Gasteiger partial charge in [0.15, 0.2) is 0 Å². The molecule has 0 aromatic heterocycles. The molecule has 1 aliphatic rings. The highest BCUT2D eigenvalue weighted by molar-refractivity contribution is 9.10. The summed E-state index contributed by atoms with van der Waals surface area (Å²) >= 11 is 3.50. The van der Waals surface area contributed by atoms with Crippen molar-refractivity contribution >= 4 is 26.0 Å². The second-order valence-electron chi connectivity index (χ2n) is 9.85. The molecule has 5 heteroatoms. The Morgan fingerprint density at radius 1 is 0.893 bits per heavy atom. The van der Waals surface area contributed by atoms with Crippen molar-refractivity contribution in [3.8, 4) is 0 Å². The third-order valence-electron chi connectivity index (χ3n) is 5.37. The fraction of sp³-hybridized carbons (Fsp3) is 0.478. The van der Waals surface area contributed by atoms with E-state index >= 15 is 0 Å². The van der Waals surface area contributed by atoms with Gasteiger partial charge < -0.3 is 0 Å². The minimum Gasteiger partial charge on any atom is -0.207 e. The Balaban J connectivity index is 1.94. The average Bonchev–Trinajstić information content (AvgIpc) is 2.93. The normalized spacial score (nSPS) is 17.6. The van der Waals surface area contributed by atoms with E-state index in [9.17, 15) is 8.42 Å². The van der Waals surface area contributed by atoms with Gasteiger partial charge in [0.2, 0.25) is 10.0 Å². The lowest BCUT2D eigenvalue weighted by molar-refractivity contribution is 0.535. The van der Waals surface area contributed by atoms with Gasteiger partial charge >= 0.3 is 0 Å². The van der Waals surface area contributed by atoms with E-state index < -0.39 is 10.0 Å². The van der Waals surface area contributed by atoms with Crippen molar-refractivity contribution in [3.63, 3.8) is 0 Å². The largest absolute Gasteiger partial charge is 0.241 e. The van der Waals surface area contributed by atoms with E-state index in [1.807, 2.05) is 12.1 Å². The monoisotopic (exact) mass is 463 g/mol. The fourth-order valence-electron chi connectivity index (χ4n) is 3.77. The molecule has 0 aliphatic heterocycles. The van der Waals surface area contributed by atoms with Crippen LogP contribution in [-0.2, 0) is 33.7 Å². The molecule has 0 saturated carbocycles. The Morgan fingerprint density at radius 2 is 1.54 bits per heavy atom. The van der Waals surface area contributed by atoms with Crippen molar-refractivity contribution < 1.29 is 8.42 Å². The molecule has 0 heterocycles. The standard InChI is InChI=1S/C23H30BrNO2S/c1-22(2,3)17-8-10-21(20(14-17)23(4,5)6)28(26,27)25-19-12-15-7-9-18(24)11-16(15)13-19/h7-11,14,19,25H,12-13H2,1-6H3. The topological polar surface area (TPSA) is 46.2 Å². The second-order valence-corrected chi connectivity index (χ2v) is 12.4. The SMILES string of the molecule is CC(C)(C)c1ccc(S(=O)(=O)NC2Cc3ccc(Br)cc3C2)c(C(C)(C)C)c1. The predicted octanol–water partition coefficient (Wildman–Crippen LogP) is 5.49. The van der Waals surface area contributed by atoms with Crippen LogP contribution in [-0.4, -0.2) is 14.5 Å². The zero-order valence-corrected chi connectivity index (χ0v) is 20.0. The molecule has 152 valence electrons. The lowest BCUT2D eigenvalue weighted by Gasteiger charge is -2.27. The average molecular weight is 464 g/mol. The van der Waals surface area contributed by atoms with Crippen LogP contribution in [0.15, 0.2) is 45.8 Å². The number of rotatable bonds is 3. The van der Waals surface area contributed by atoms with Crippen molar-refractivity contribution in [2.75, 3.05) is 0 Å². The summed E-state index contributed by atoms with van der Waals surface area (Å²) in [5.41, 5.74) is 4.14. The predicted molar refractivity (Wildman–Crippen MR) is 120 cm³/mol. The van der Waals surface area contributed by atoms with Gasteiger partial charge in [0, 0.05) is 10.5 Å². The van der Waals surface area contributed by atoms with Gasteiger partial charge in [-0.15, -0.1) is 0 Å². The zero-order chi connectivity index (χ0) is 20.9. The molecule has 3 nitrogen and oxygen atoms in total. The molecular weight excluding hydrogens is 434 g/mol. The number of hydrogen-bond donors (Lipinski definition) is 1. The van der Waals surface area contributed by atoms with Crippen LogP contribution in [0.4, 0.5) is 0 Å². The number of benzene rings is 2. The Morgan fingerprint density at radius 3 is 2.14 bits per heavy atom. The molecule has 1 atom stereocenters. The van der Waals surface area contributed by atoms with E-state index in [4.69, 9.17) is 0 Å². The van der Waals surface area contributed by atoms with Crippen LogP contribution in [0.1, 0.15) is 63.8 Å². The number of fused-ring (bicyclic) bond motifs is 1. The summed E-state index contributed by atoms with van der Waals surface area (Å²) in [7, 11) is -3.61. The summed E-state index contributed by atoms with van der Waals surface area (Å²) in [6.07, 6.45) is 1.45. The Labute approximate surface area is 178 Å². The summed E-state index contributed by atoms with van der Waals surface area (Å²) in [4.78, 5) is 0.394. The van der Waals surface area contributed by atoms with Crippen LogP contribution in [0.2, 0.25) is 0 Å². The molecule has 0 radical (unpaired) electrons. The van der Waals surface area contributed by atoms with Gasteiger partial charge in [-0.05, 0) is 64.1 Å². The van der Waals surface area contributed by atoms with Crippen molar-refractivity contribution in [2.24, 2.45) is 0 Å². The number of nitrogens with one attached hydrogen (secondary N) is 1. The highest BCUT2D eigenvalue weighted by Gasteiger charge is 2.31. The minimum absolute atomic E-state index is 0.0315. The molecule has 0 saturated heterocycles. The maximum absolute atomic E-state index is 13.3. The van der Waals surface area contributed by atoms with Crippen LogP contribution in [0, 0.1) is 0 Å². The summed E-state index contributed by atoms with van der Waals surface area (Å²) in [5.74, 6) is 0. The molecule has 1 unspecified atom stereocenters. The number of sulfonamides is 1. The first-order valence-corrected chi connectivity index (χ1v) is 12.0. The van der Waals surface area contributed by atoms with E-state index in [1.165, 1.54) is 11.1 Å². The lowest BCUT2D eigenvalue weighted by atomic mass is 9.81. The van der Waals surface area contributed by atoms with Crippen LogP contribution in [0.3, 0.4) is 0 Å². The third-order valence-corrected chi connectivity index (χ3v) is 7.44. The van der Waals surface area contributed by atoms with Crippen LogP contribution < -0.4 is 4.72 Å². The Bertz CT molecular complexity index is 998. The molecule has 1 aliphatic carbocycles. The molecule has 3 rings (SSSR count). The first kappa shape index (κ1) is 21.5. The number of hydrogen-bond acceptors (Lipinski definition) is 2. The second kappa shape index (κ2) is 7.26. The van der Waals surface area contributed by atoms with Crippen LogP contribution in [0.5, 0.6) is 0 Å². The molecule has 0 bridgehead atoms. The first-order chi connectivity index (χ1) is 12.8. The molecule has 1 N–H and O–H groups in total. The van der Waals surface area contributed by atoms with E-state index in [0.29, 0.717) is 4.90 Å². The molecular formula is C23H30BrNO2S. The molecule has 2 aromatic rings. The van der Waals surface area contributed by atoms with E-state index in [0.717, 1.165) is 28.4 Å². The van der Waals surface area contributed by atoms with Gasteiger partial charge in [-0.3, -0.25) is 0 Å². The maximum Gasteiger partial charge on any atom is 0.241 e. The highest BCUT2D eigenvalue weighted by atomic mass is 79.9. The minimum atomic E-state index is -3.61. The first-order valence-electron chi connectivity index (χ1n) is 9.72. The lowest BCUT2D eigenvalue weighted by Crippen LogP contribution is -2.36. The third kappa shape index (κ3) is 4.52. The van der Waals surface area contributed by atoms with Gasteiger partial charge in [0.1, 0.15) is 0 Å². The van der Waals surface area contributed by atoms with Gasteiger partial charge in [-0.2, -0.15) is 0 Å². The summed E-state index contributed by atoms with van der Waals surface area (Å²) < 4.78 is 30.6. The molecule has 0 spiro atoms. The zero-order valence-electron chi connectivity index (χ0n) is 17.6. The Kier molecular flexibility index (Phi) is 5.59. The quantitative estimate of drug-likeness (QED) is 0.653. The maximum atomic E-state index is 13.3. The molecule has 2 aromatic carbocycles. The van der Waals surface area contributed by atoms with Crippen molar-refractivity contribution in [2.45, 2.75) is 76.2 Å². The molecule has 28 heavy (non-hydrogen) atoms. The summed E-state index contributed by atoms with van der Waals surface area (Å²) in [5, 5.41) is 0. The van der Waals surface area contributed by atoms with Gasteiger partial charge in [0.25, 0.3) is 0 Å². The summed E-state index contributed by atoms with van der Waals surface area (Å²) in [6.45, 7) is 12.6. The highest BCUT2D eigenvalue weighted by Crippen LogP contribution is 2.34. The Hall–Kier alpha value is -1.17. The summed E-state index contributed by atoms with van der Waals surface area (Å²) in [6, 6.07) is 11.9. The van der Waals surface area contributed by atoms with Crippen molar-refractivity contribution in [1.29, 1.82) is 0 Å². The fourth-order valence-corrected chi connectivity index (χ4v) is 5.81. The van der Waals surface area contributed by atoms with E-state index in [-0.39, 0.29) is 16.9 Å². The van der Waals surface area contributed by atoms with Gasteiger partial charge in [-0.25, -0.2) is 13.1 Å². The van der Waals surface area contributed by atoms with Crippen LogP contribution >= 0.6 is 15.9 Å². The van der Waals surface area contributed by atoms with Gasteiger partial charge in [-0.1, -0.05) is 75.7 Å². The number of halogens is 1. The van der Waals surface area contributed by atoms with Crippen LogP contribution in [0.25, 0.3) is 0 Å². The van der Waals surface area contributed by atoms with Crippen molar-refractivity contribution in [1.82, 2.24) is 4.72 Å². The molecule has 0 fully saturated rings.